The van der Waals surface area contributed by atoms with Gasteiger partial charge in [0.15, 0.2) is 6.29 Å². The summed E-state index contributed by atoms with van der Waals surface area (Å²) < 4.78 is 9.90. The molecule has 16 heavy (non-hydrogen) atoms. The van der Waals surface area contributed by atoms with Gasteiger partial charge in [-0.05, 0) is 12.1 Å². The molecule has 1 aromatic rings. The maximum atomic E-state index is 11.7. The smallest absolute Gasteiger partial charge is 0.253 e. The number of nitrogens with one attached hydrogen (secondary N) is 1. The fourth-order valence-electron chi connectivity index (χ4n) is 1.24. The number of anilines is 1. The molecule has 0 aliphatic heterocycles. The van der Waals surface area contributed by atoms with Crippen LogP contribution in [-0.2, 0) is 9.47 Å². The van der Waals surface area contributed by atoms with E-state index in [0.29, 0.717) is 11.3 Å². The number of ether oxygens (including phenoxy) is 2. The van der Waals surface area contributed by atoms with E-state index >= 15 is 0 Å². The predicted octanol–water partition coefficient (Wildman–Crippen LogP) is 0.618. The van der Waals surface area contributed by atoms with Crippen LogP contribution in [-0.4, -0.2) is 33.0 Å². The van der Waals surface area contributed by atoms with E-state index in [-0.39, 0.29) is 12.5 Å². The van der Waals surface area contributed by atoms with Gasteiger partial charge in [-0.1, -0.05) is 12.1 Å². The quantitative estimate of drug-likeness (QED) is 0.568. The number of amides is 1. The first-order chi connectivity index (χ1) is 7.69. The summed E-state index contributed by atoms with van der Waals surface area (Å²) in [5, 5.41) is 2.67. The van der Waals surface area contributed by atoms with Crippen LogP contribution in [0.25, 0.3) is 0 Å². The number of para-hydroxylation sites is 1. The van der Waals surface area contributed by atoms with Gasteiger partial charge >= 0.3 is 0 Å². The van der Waals surface area contributed by atoms with E-state index in [0.717, 1.165) is 0 Å². The molecule has 0 atom stereocenters. The maximum absolute atomic E-state index is 11.7. The molecular weight excluding hydrogens is 208 g/mol. The Bertz CT molecular complexity index is 351. The molecule has 0 bridgehead atoms. The Morgan fingerprint density at radius 2 is 2.00 bits per heavy atom. The van der Waals surface area contributed by atoms with Crippen LogP contribution in [0.5, 0.6) is 0 Å². The third-order valence-corrected chi connectivity index (χ3v) is 2.16. The summed E-state index contributed by atoms with van der Waals surface area (Å²) in [5.41, 5.74) is 6.57. The molecule has 0 fully saturated rings. The Balaban J connectivity index is 2.56. The molecule has 0 saturated carbocycles. The van der Waals surface area contributed by atoms with Crippen molar-refractivity contribution < 1.29 is 14.3 Å². The van der Waals surface area contributed by atoms with Crippen molar-refractivity contribution in [2.45, 2.75) is 6.29 Å². The van der Waals surface area contributed by atoms with E-state index in [1.807, 2.05) is 0 Å². The van der Waals surface area contributed by atoms with Crippen LogP contribution in [0.1, 0.15) is 10.4 Å². The zero-order valence-electron chi connectivity index (χ0n) is 9.40. The topological polar surface area (TPSA) is 73.6 Å². The van der Waals surface area contributed by atoms with Crippen LogP contribution in [0.4, 0.5) is 5.69 Å². The first-order valence-electron chi connectivity index (χ1n) is 4.87. The van der Waals surface area contributed by atoms with Gasteiger partial charge in [-0.25, -0.2) is 0 Å². The van der Waals surface area contributed by atoms with Gasteiger partial charge in [-0.3, -0.25) is 4.79 Å². The van der Waals surface area contributed by atoms with Crippen molar-refractivity contribution in [2.24, 2.45) is 0 Å². The number of methoxy groups -OCH3 is 2. The van der Waals surface area contributed by atoms with Crippen LogP contribution in [0.3, 0.4) is 0 Å². The molecule has 1 aromatic carbocycles. The van der Waals surface area contributed by atoms with Crippen molar-refractivity contribution in [3.63, 3.8) is 0 Å². The van der Waals surface area contributed by atoms with Crippen LogP contribution < -0.4 is 11.1 Å². The number of nitrogens with two attached hydrogens (primary N) is 1. The average Bonchev–Trinajstić information content (AvgIpc) is 2.30. The minimum absolute atomic E-state index is 0.239. The van der Waals surface area contributed by atoms with Crippen molar-refractivity contribution in [3.8, 4) is 0 Å². The second-order valence-corrected chi connectivity index (χ2v) is 3.20. The number of hydrogen-bond acceptors (Lipinski definition) is 4. The molecule has 0 unspecified atom stereocenters. The lowest BCUT2D eigenvalue weighted by molar-refractivity contribution is -0.0974. The molecular formula is C11H16N2O3. The molecule has 0 heterocycles. The molecule has 5 heteroatoms. The van der Waals surface area contributed by atoms with E-state index < -0.39 is 6.29 Å². The fraction of sp³-hybridized carbons (Fsp3) is 0.364. The van der Waals surface area contributed by atoms with Gasteiger partial charge in [-0.15, -0.1) is 0 Å². The lowest BCUT2D eigenvalue weighted by atomic mass is 10.1. The van der Waals surface area contributed by atoms with E-state index in [1.54, 1.807) is 24.3 Å². The van der Waals surface area contributed by atoms with Gasteiger partial charge in [0, 0.05) is 19.9 Å². The minimum Gasteiger partial charge on any atom is -0.398 e. The molecule has 0 saturated heterocycles. The lowest BCUT2D eigenvalue weighted by Crippen LogP contribution is -2.34. The third-order valence-electron chi connectivity index (χ3n) is 2.16. The Morgan fingerprint density at radius 1 is 1.38 bits per heavy atom. The zero-order chi connectivity index (χ0) is 12.0. The summed E-state index contributed by atoms with van der Waals surface area (Å²) in [6, 6.07) is 6.88. The first kappa shape index (κ1) is 12.5. The molecule has 1 amide bonds. The second kappa shape index (κ2) is 6.09. The standard InChI is InChI=1S/C11H16N2O3/c1-15-10(16-2)7-13-11(14)8-5-3-4-6-9(8)12/h3-6,10H,7,12H2,1-2H3,(H,13,14). The molecule has 0 aliphatic rings. The highest BCUT2D eigenvalue weighted by molar-refractivity contribution is 5.99. The van der Waals surface area contributed by atoms with Gasteiger partial charge in [0.05, 0.1) is 12.1 Å². The summed E-state index contributed by atoms with van der Waals surface area (Å²) in [4.78, 5) is 11.7. The highest BCUT2D eigenvalue weighted by atomic mass is 16.7. The Morgan fingerprint density at radius 3 is 2.56 bits per heavy atom. The lowest BCUT2D eigenvalue weighted by Gasteiger charge is -2.14. The summed E-state index contributed by atoms with van der Waals surface area (Å²) in [7, 11) is 3.02. The summed E-state index contributed by atoms with van der Waals surface area (Å²) in [6.07, 6.45) is -0.450. The van der Waals surface area contributed by atoms with E-state index in [9.17, 15) is 4.79 Å². The van der Waals surface area contributed by atoms with Crippen molar-refractivity contribution >= 4 is 11.6 Å². The van der Waals surface area contributed by atoms with Gasteiger partial charge in [0.2, 0.25) is 0 Å². The van der Waals surface area contributed by atoms with Crippen LogP contribution in [0.15, 0.2) is 24.3 Å². The molecule has 0 spiro atoms. The fourth-order valence-corrected chi connectivity index (χ4v) is 1.24. The highest BCUT2D eigenvalue weighted by Gasteiger charge is 2.11. The van der Waals surface area contributed by atoms with E-state index in [2.05, 4.69) is 5.32 Å². The monoisotopic (exact) mass is 224 g/mol. The molecule has 3 N–H and O–H groups in total. The largest absolute Gasteiger partial charge is 0.398 e. The predicted molar refractivity (Wildman–Crippen MR) is 61.0 cm³/mol. The number of nitrogen functional groups attached to an aromatic ring is 1. The number of rotatable bonds is 5. The molecule has 1 rings (SSSR count). The average molecular weight is 224 g/mol. The summed E-state index contributed by atoms with van der Waals surface area (Å²) >= 11 is 0. The highest BCUT2D eigenvalue weighted by Crippen LogP contribution is 2.09. The van der Waals surface area contributed by atoms with Crippen LogP contribution >= 0.6 is 0 Å². The maximum Gasteiger partial charge on any atom is 0.253 e. The number of carbonyl (C=O) groups excluding carboxylic acids is 1. The molecule has 0 aliphatic carbocycles. The Kier molecular flexibility index (Phi) is 4.75. The van der Waals surface area contributed by atoms with Crippen LogP contribution in [0.2, 0.25) is 0 Å². The van der Waals surface area contributed by atoms with Crippen molar-refractivity contribution in [1.29, 1.82) is 0 Å². The van der Waals surface area contributed by atoms with Crippen molar-refractivity contribution in [1.82, 2.24) is 5.32 Å². The van der Waals surface area contributed by atoms with Gasteiger partial charge in [0.25, 0.3) is 5.91 Å². The molecule has 0 aromatic heterocycles. The molecule has 5 nitrogen and oxygen atoms in total. The van der Waals surface area contributed by atoms with Gasteiger partial charge < -0.3 is 20.5 Å². The Labute approximate surface area is 94.5 Å². The molecule has 0 radical (unpaired) electrons. The summed E-state index contributed by atoms with van der Waals surface area (Å²) in [6.45, 7) is 0.278. The van der Waals surface area contributed by atoms with E-state index in [1.165, 1.54) is 14.2 Å². The zero-order valence-corrected chi connectivity index (χ0v) is 9.40. The van der Waals surface area contributed by atoms with Gasteiger partial charge in [0.1, 0.15) is 0 Å². The van der Waals surface area contributed by atoms with Crippen LogP contribution in [0, 0.1) is 0 Å². The summed E-state index contributed by atoms with van der Waals surface area (Å²) in [5.74, 6) is -0.239. The SMILES string of the molecule is COC(CNC(=O)c1ccccc1N)OC. The normalized spacial score (nSPS) is 10.4. The Hall–Kier alpha value is -1.59. The van der Waals surface area contributed by atoms with Crippen molar-refractivity contribution in [2.75, 3.05) is 26.5 Å². The second-order valence-electron chi connectivity index (χ2n) is 3.20. The first-order valence-corrected chi connectivity index (χ1v) is 4.87. The number of benzene rings is 1. The number of carbonyl (C=O) groups is 1. The number of hydrogen-bond donors (Lipinski definition) is 2. The molecule has 88 valence electrons. The van der Waals surface area contributed by atoms with Gasteiger partial charge in [-0.2, -0.15) is 0 Å². The van der Waals surface area contributed by atoms with E-state index in [4.69, 9.17) is 15.2 Å². The minimum atomic E-state index is -0.450. The third kappa shape index (κ3) is 3.22. The van der Waals surface area contributed by atoms with Crippen molar-refractivity contribution in [3.05, 3.63) is 29.8 Å².